The van der Waals surface area contributed by atoms with Crippen LogP contribution in [0.15, 0.2) is 36.0 Å². The third kappa shape index (κ3) is 3.46. The molecule has 0 radical (unpaired) electrons. The summed E-state index contributed by atoms with van der Waals surface area (Å²) in [5, 5.41) is 3.38. The highest BCUT2D eigenvalue weighted by Crippen LogP contribution is 2.32. The number of hydrogen-bond acceptors (Lipinski definition) is 2. The number of allylic oxidation sites excluding steroid dienone is 2. The van der Waals surface area contributed by atoms with E-state index in [1.807, 2.05) is 0 Å². The molecule has 0 heterocycles. The van der Waals surface area contributed by atoms with E-state index in [0.29, 0.717) is 6.42 Å². The van der Waals surface area contributed by atoms with E-state index < -0.39 is 0 Å². The summed E-state index contributed by atoms with van der Waals surface area (Å²) in [7, 11) is 0. The molecule has 1 aromatic rings. The van der Waals surface area contributed by atoms with Crippen LogP contribution in [0.4, 0.5) is 0 Å². The molecule has 0 spiro atoms. The Kier molecular flexibility index (Phi) is 3.55. The first-order valence-corrected chi connectivity index (χ1v) is 6.47. The normalized spacial score (nSPS) is 18.4. The maximum Gasteiger partial charge on any atom is 0.157 e. The SMILES string of the molecule is Cc1ccc(CNC2=CC(=O)CC(C)(C)C2)cc1. The molecular formula is C16H21NO. The summed E-state index contributed by atoms with van der Waals surface area (Å²) >= 11 is 0. The minimum absolute atomic E-state index is 0.0848. The Bertz CT molecular complexity index is 468. The molecule has 96 valence electrons. The number of hydrogen-bond donors (Lipinski definition) is 1. The van der Waals surface area contributed by atoms with Gasteiger partial charge in [0.25, 0.3) is 0 Å². The summed E-state index contributed by atoms with van der Waals surface area (Å²) in [4.78, 5) is 11.6. The molecule has 1 aromatic carbocycles. The number of aryl methyl sites for hydroxylation is 1. The standard InChI is InChI=1S/C16H21NO/c1-12-4-6-13(7-5-12)11-17-14-8-15(18)10-16(2,3)9-14/h4-8,17H,9-11H2,1-3H3. The van der Waals surface area contributed by atoms with Gasteiger partial charge < -0.3 is 5.32 Å². The van der Waals surface area contributed by atoms with Crippen LogP contribution in [0.25, 0.3) is 0 Å². The molecule has 1 N–H and O–H groups in total. The van der Waals surface area contributed by atoms with Crippen molar-refractivity contribution in [2.45, 2.75) is 40.2 Å². The van der Waals surface area contributed by atoms with Crippen LogP contribution in [0.3, 0.4) is 0 Å². The average molecular weight is 243 g/mol. The second-order valence-electron chi connectivity index (χ2n) is 5.99. The van der Waals surface area contributed by atoms with Crippen molar-refractivity contribution in [1.29, 1.82) is 0 Å². The van der Waals surface area contributed by atoms with Crippen molar-refractivity contribution in [3.63, 3.8) is 0 Å². The maximum atomic E-state index is 11.6. The lowest BCUT2D eigenvalue weighted by atomic mass is 9.79. The minimum Gasteiger partial charge on any atom is -0.384 e. The van der Waals surface area contributed by atoms with Crippen molar-refractivity contribution in [3.05, 3.63) is 47.2 Å². The average Bonchev–Trinajstić information content (AvgIpc) is 2.25. The Morgan fingerprint density at radius 2 is 1.83 bits per heavy atom. The van der Waals surface area contributed by atoms with Gasteiger partial charge in [0.05, 0.1) is 0 Å². The molecule has 2 heteroatoms. The van der Waals surface area contributed by atoms with Crippen LogP contribution in [0.1, 0.15) is 37.8 Å². The van der Waals surface area contributed by atoms with Crippen LogP contribution in [-0.4, -0.2) is 5.78 Å². The lowest BCUT2D eigenvalue weighted by Gasteiger charge is -2.29. The molecule has 0 bridgehead atoms. The van der Waals surface area contributed by atoms with Gasteiger partial charge in [-0.15, -0.1) is 0 Å². The summed E-state index contributed by atoms with van der Waals surface area (Å²) in [5.74, 6) is 0.234. The van der Waals surface area contributed by atoms with Crippen LogP contribution < -0.4 is 5.32 Å². The van der Waals surface area contributed by atoms with Gasteiger partial charge in [-0.25, -0.2) is 0 Å². The predicted octanol–water partition coefficient (Wildman–Crippen LogP) is 3.36. The molecule has 0 aromatic heterocycles. The smallest absolute Gasteiger partial charge is 0.157 e. The first-order valence-electron chi connectivity index (χ1n) is 6.47. The Labute approximate surface area is 109 Å². The topological polar surface area (TPSA) is 29.1 Å². The van der Waals surface area contributed by atoms with Gasteiger partial charge in [0.1, 0.15) is 0 Å². The molecule has 0 atom stereocenters. The van der Waals surface area contributed by atoms with E-state index in [9.17, 15) is 4.79 Å². The van der Waals surface area contributed by atoms with E-state index in [4.69, 9.17) is 0 Å². The highest BCUT2D eigenvalue weighted by Gasteiger charge is 2.27. The van der Waals surface area contributed by atoms with Gasteiger partial charge in [-0.05, 0) is 24.3 Å². The van der Waals surface area contributed by atoms with Gasteiger partial charge in [-0.3, -0.25) is 4.79 Å². The molecule has 18 heavy (non-hydrogen) atoms. The summed E-state index contributed by atoms with van der Waals surface area (Å²) < 4.78 is 0. The molecule has 0 aliphatic heterocycles. The lowest BCUT2D eigenvalue weighted by molar-refractivity contribution is -0.117. The molecular weight excluding hydrogens is 222 g/mol. The van der Waals surface area contributed by atoms with Gasteiger partial charge >= 0.3 is 0 Å². The number of benzene rings is 1. The maximum absolute atomic E-state index is 11.6. The first-order chi connectivity index (χ1) is 8.44. The Morgan fingerprint density at radius 3 is 2.44 bits per heavy atom. The van der Waals surface area contributed by atoms with Gasteiger partial charge in [0, 0.05) is 24.7 Å². The number of carbonyl (C=O) groups excluding carboxylic acids is 1. The van der Waals surface area contributed by atoms with Crippen LogP contribution in [-0.2, 0) is 11.3 Å². The molecule has 0 saturated carbocycles. The van der Waals surface area contributed by atoms with Crippen LogP contribution in [0.2, 0.25) is 0 Å². The number of carbonyl (C=O) groups is 1. The number of ketones is 1. The molecule has 0 unspecified atom stereocenters. The summed E-state index contributed by atoms with van der Waals surface area (Å²) in [6.07, 6.45) is 3.37. The monoisotopic (exact) mass is 243 g/mol. The molecule has 1 aliphatic carbocycles. The Hall–Kier alpha value is -1.57. The first kappa shape index (κ1) is 12.9. The third-order valence-corrected chi connectivity index (χ3v) is 3.30. The van der Waals surface area contributed by atoms with Gasteiger partial charge in [0.2, 0.25) is 0 Å². The molecule has 0 fully saturated rings. The molecule has 1 aliphatic rings. The van der Waals surface area contributed by atoms with Crippen molar-refractivity contribution >= 4 is 5.78 Å². The second-order valence-corrected chi connectivity index (χ2v) is 5.99. The van der Waals surface area contributed by atoms with Gasteiger partial charge in [-0.2, -0.15) is 0 Å². The molecule has 0 saturated heterocycles. The van der Waals surface area contributed by atoms with E-state index in [1.165, 1.54) is 11.1 Å². The summed E-state index contributed by atoms with van der Waals surface area (Å²) in [6, 6.07) is 8.47. The van der Waals surface area contributed by atoms with Crippen LogP contribution >= 0.6 is 0 Å². The molecule has 0 amide bonds. The highest BCUT2D eigenvalue weighted by atomic mass is 16.1. The van der Waals surface area contributed by atoms with E-state index in [2.05, 4.69) is 50.4 Å². The molecule has 2 nitrogen and oxygen atoms in total. The zero-order valence-electron chi connectivity index (χ0n) is 11.4. The summed E-state index contributed by atoms with van der Waals surface area (Å²) in [6.45, 7) is 7.16. The number of rotatable bonds is 3. The second kappa shape index (κ2) is 4.97. The van der Waals surface area contributed by atoms with Crippen LogP contribution in [0, 0.1) is 12.3 Å². The predicted molar refractivity (Wildman–Crippen MR) is 74.1 cm³/mol. The Morgan fingerprint density at radius 1 is 1.17 bits per heavy atom. The third-order valence-electron chi connectivity index (χ3n) is 3.30. The van der Waals surface area contributed by atoms with Crippen molar-refractivity contribution < 1.29 is 4.79 Å². The lowest BCUT2D eigenvalue weighted by Crippen LogP contribution is -2.27. The minimum atomic E-state index is 0.0848. The quantitative estimate of drug-likeness (QED) is 0.882. The van der Waals surface area contributed by atoms with Gasteiger partial charge in [0.15, 0.2) is 5.78 Å². The highest BCUT2D eigenvalue weighted by molar-refractivity contribution is 5.91. The number of nitrogens with one attached hydrogen (secondary N) is 1. The van der Waals surface area contributed by atoms with E-state index in [0.717, 1.165) is 18.7 Å². The largest absolute Gasteiger partial charge is 0.384 e. The van der Waals surface area contributed by atoms with Crippen molar-refractivity contribution in [3.8, 4) is 0 Å². The van der Waals surface area contributed by atoms with Crippen molar-refractivity contribution in [2.75, 3.05) is 0 Å². The van der Waals surface area contributed by atoms with Crippen molar-refractivity contribution in [2.24, 2.45) is 5.41 Å². The zero-order valence-corrected chi connectivity index (χ0v) is 11.4. The van der Waals surface area contributed by atoms with E-state index >= 15 is 0 Å². The fourth-order valence-electron chi connectivity index (χ4n) is 2.38. The van der Waals surface area contributed by atoms with Crippen LogP contribution in [0.5, 0.6) is 0 Å². The fraction of sp³-hybridized carbons (Fsp3) is 0.438. The van der Waals surface area contributed by atoms with E-state index in [1.54, 1.807) is 6.08 Å². The van der Waals surface area contributed by atoms with Crippen molar-refractivity contribution in [1.82, 2.24) is 5.32 Å². The summed E-state index contributed by atoms with van der Waals surface area (Å²) in [5.41, 5.74) is 3.67. The Balaban J connectivity index is 1.98. The zero-order chi connectivity index (χ0) is 13.2. The molecule has 2 rings (SSSR count). The fourth-order valence-corrected chi connectivity index (χ4v) is 2.38. The van der Waals surface area contributed by atoms with Gasteiger partial charge in [-0.1, -0.05) is 43.7 Å². The van der Waals surface area contributed by atoms with E-state index in [-0.39, 0.29) is 11.2 Å².